The molecule has 2 heterocycles. The van der Waals surface area contributed by atoms with Gasteiger partial charge in [-0.3, -0.25) is 9.59 Å². The molecule has 4 rings (SSSR count). The van der Waals surface area contributed by atoms with E-state index in [1.165, 1.54) is 36.3 Å². The topological polar surface area (TPSA) is 79.4 Å². The Morgan fingerprint density at radius 3 is 2.39 bits per heavy atom. The van der Waals surface area contributed by atoms with Gasteiger partial charge in [-0.05, 0) is 48.4 Å². The van der Waals surface area contributed by atoms with Gasteiger partial charge in [0.1, 0.15) is 18.2 Å². The van der Waals surface area contributed by atoms with E-state index in [0.29, 0.717) is 37.6 Å². The number of hydrogen-bond acceptors (Lipinski definition) is 5. The summed E-state index contributed by atoms with van der Waals surface area (Å²) in [6, 6.07) is 12.2. The van der Waals surface area contributed by atoms with Gasteiger partial charge in [-0.25, -0.2) is 9.18 Å². The molecule has 0 spiro atoms. The van der Waals surface area contributed by atoms with Crippen LogP contribution in [-0.4, -0.2) is 85.6 Å². The molecule has 10 heteroatoms. The monoisotopic (exact) mass is 517 g/mol. The minimum Gasteiger partial charge on any atom is -0.410 e. The molecule has 3 amide bonds. The minimum absolute atomic E-state index is 0.00764. The molecule has 192 valence electrons. The largest absolute Gasteiger partial charge is 0.415 e. The first kappa shape index (κ1) is 25.9. The Morgan fingerprint density at radius 1 is 1.03 bits per heavy atom. The van der Waals surface area contributed by atoms with Crippen LogP contribution in [0.5, 0.6) is 5.75 Å². The summed E-state index contributed by atoms with van der Waals surface area (Å²) in [4.78, 5) is 43.5. The summed E-state index contributed by atoms with van der Waals surface area (Å²) in [7, 11) is 3.10. The zero-order valence-corrected chi connectivity index (χ0v) is 21.0. The van der Waals surface area contributed by atoms with Crippen LogP contribution in [0.1, 0.15) is 17.9 Å². The lowest BCUT2D eigenvalue weighted by Crippen LogP contribution is -2.44. The van der Waals surface area contributed by atoms with Crippen molar-refractivity contribution in [3.63, 3.8) is 0 Å². The number of hydrogen-bond donors (Lipinski definition) is 0. The second-order valence-electron chi connectivity index (χ2n) is 9.16. The van der Waals surface area contributed by atoms with E-state index in [0.717, 1.165) is 5.56 Å². The fourth-order valence-electron chi connectivity index (χ4n) is 4.87. The molecular formula is C26H29ClFN3O5. The van der Waals surface area contributed by atoms with Crippen molar-refractivity contribution in [1.82, 2.24) is 14.7 Å². The molecule has 3 atom stereocenters. The number of halogens is 2. The predicted octanol–water partition coefficient (Wildman–Crippen LogP) is 3.40. The van der Waals surface area contributed by atoms with Gasteiger partial charge in [0.15, 0.2) is 0 Å². The first-order valence-corrected chi connectivity index (χ1v) is 12.2. The maximum atomic E-state index is 13.4. The van der Waals surface area contributed by atoms with Crippen LogP contribution in [0.3, 0.4) is 0 Å². The van der Waals surface area contributed by atoms with Crippen molar-refractivity contribution >= 4 is 29.5 Å². The number of rotatable bonds is 6. The van der Waals surface area contributed by atoms with Crippen molar-refractivity contribution in [3.05, 3.63) is 64.9 Å². The smallest absolute Gasteiger partial charge is 0.410 e. The summed E-state index contributed by atoms with van der Waals surface area (Å²) >= 11 is 6.08. The van der Waals surface area contributed by atoms with Gasteiger partial charge in [0, 0.05) is 51.3 Å². The van der Waals surface area contributed by atoms with E-state index in [1.54, 1.807) is 29.0 Å². The van der Waals surface area contributed by atoms with Gasteiger partial charge < -0.3 is 24.2 Å². The Kier molecular flexibility index (Phi) is 8.11. The molecule has 2 aromatic rings. The van der Waals surface area contributed by atoms with Crippen LogP contribution in [0.15, 0.2) is 48.5 Å². The SMILES string of the molecule is COCC(=O)N1CCC(C(=O)N2C[C@H](c3ccc(Cl)cc3)[C@H](N(C)C(=O)Oc3ccc(F)cc3)C2)C1. The van der Waals surface area contributed by atoms with Gasteiger partial charge in [-0.15, -0.1) is 0 Å². The maximum Gasteiger partial charge on any atom is 0.415 e. The summed E-state index contributed by atoms with van der Waals surface area (Å²) in [6.07, 6.45) is -0.0131. The van der Waals surface area contributed by atoms with Gasteiger partial charge >= 0.3 is 6.09 Å². The molecule has 2 aliphatic heterocycles. The third-order valence-corrected chi connectivity index (χ3v) is 7.11. The Bertz CT molecular complexity index is 1100. The second-order valence-corrected chi connectivity index (χ2v) is 9.60. The van der Waals surface area contributed by atoms with E-state index in [-0.39, 0.29) is 42.0 Å². The van der Waals surface area contributed by atoms with Crippen molar-refractivity contribution in [2.75, 3.05) is 46.9 Å². The number of methoxy groups -OCH3 is 1. The predicted molar refractivity (Wildman–Crippen MR) is 131 cm³/mol. The second kappa shape index (κ2) is 11.3. The molecule has 0 aliphatic carbocycles. The van der Waals surface area contributed by atoms with E-state index in [9.17, 15) is 18.8 Å². The molecule has 36 heavy (non-hydrogen) atoms. The molecule has 2 aliphatic rings. The fraction of sp³-hybridized carbons (Fsp3) is 0.423. The lowest BCUT2D eigenvalue weighted by atomic mass is 9.93. The number of benzene rings is 2. The number of carbonyl (C=O) groups excluding carboxylic acids is 3. The molecule has 2 saturated heterocycles. The summed E-state index contributed by atoms with van der Waals surface area (Å²) < 4.78 is 23.6. The minimum atomic E-state index is -0.600. The molecule has 2 fully saturated rings. The van der Waals surface area contributed by atoms with Gasteiger partial charge in [-0.1, -0.05) is 23.7 Å². The molecule has 0 saturated carbocycles. The molecule has 0 radical (unpaired) electrons. The summed E-state index contributed by atoms with van der Waals surface area (Å²) in [5.41, 5.74) is 0.949. The van der Waals surface area contributed by atoms with E-state index >= 15 is 0 Å². The Hall–Kier alpha value is -3.17. The number of amides is 3. The van der Waals surface area contributed by atoms with Crippen molar-refractivity contribution < 1.29 is 28.2 Å². The highest BCUT2D eigenvalue weighted by Crippen LogP contribution is 2.34. The highest BCUT2D eigenvalue weighted by atomic mass is 35.5. The van der Waals surface area contributed by atoms with Crippen molar-refractivity contribution in [1.29, 1.82) is 0 Å². The molecule has 1 unspecified atom stereocenters. The number of nitrogens with zero attached hydrogens (tertiary/aromatic N) is 3. The number of carbonyl (C=O) groups is 3. The van der Waals surface area contributed by atoms with Crippen LogP contribution < -0.4 is 4.74 Å². The summed E-state index contributed by atoms with van der Waals surface area (Å²) in [6.45, 7) is 1.61. The van der Waals surface area contributed by atoms with Gasteiger partial charge in [0.25, 0.3) is 0 Å². The van der Waals surface area contributed by atoms with Gasteiger partial charge in [-0.2, -0.15) is 0 Å². The van der Waals surface area contributed by atoms with E-state index in [4.69, 9.17) is 21.1 Å². The van der Waals surface area contributed by atoms with Crippen LogP contribution in [0.25, 0.3) is 0 Å². The van der Waals surface area contributed by atoms with Crippen molar-refractivity contribution in [2.24, 2.45) is 5.92 Å². The van der Waals surface area contributed by atoms with E-state index in [1.807, 2.05) is 12.1 Å². The van der Waals surface area contributed by atoms with Crippen molar-refractivity contribution in [3.8, 4) is 5.75 Å². The molecule has 0 N–H and O–H groups in total. The third kappa shape index (κ3) is 5.79. The van der Waals surface area contributed by atoms with Crippen LogP contribution >= 0.6 is 11.6 Å². The highest BCUT2D eigenvalue weighted by Gasteiger charge is 2.43. The lowest BCUT2D eigenvalue weighted by molar-refractivity contribution is -0.136. The molecule has 0 aromatic heterocycles. The quantitative estimate of drug-likeness (QED) is 0.587. The summed E-state index contributed by atoms with van der Waals surface area (Å²) in [5.74, 6) is -0.824. The molecule has 8 nitrogen and oxygen atoms in total. The van der Waals surface area contributed by atoms with Gasteiger partial charge in [0.05, 0.1) is 12.0 Å². The van der Waals surface area contributed by atoms with Crippen LogP contribution in [0.4, 0.5) is 9.18 Å². The summed E-state index contributed by atoms with van der Waals surface area (Å²) in [5, 5.41) is 0.595. The highest BCUT2D eigenvalue weighted by molar-refractivity contribution is 6.30. The normalized spacial score (nSPS) is 21.5. The Balaban J connectivity index is 1.49. The Labute approximate surface area is 214 Å². The van der Waals surface area contributed by atoms with Crippen LogP contribution in [-0.2, 0) is 14.3 Å². The fourth-order valence-corrected chi connectivity index (χ4v) is 4.99. The van der Waals surface area contributed by atoms with Crippen molar-refractivity contribution in [2.45, 2.75) is 18.4 Å². The van der Waals surface area contributed by atoms with Gasteiger partial charge in [0.2, 0.25) is 11.8 Å². The number of likely N-dealkylation sites (tertiary alicyclic amines) is 2. The maximum absolute atomic E-state index is 13.4. The zero-order chi connectivity index (χ0) is 25.8. The lowest BCUT2D eigenvalue weighted by Gasteiger charge is -2.28. The van der Waals surface area contributed by atoms with E-state index in [2.05, 4.69) is 0 Å². The number of likely N-dealkylation sites (N-methyl/N-ethyl adjacent to an activating group) is 1. The first-order valence-electron chi connectivity index (χ1n) is 11.8. The molecule has 2 aromatic carbocycles. The standard InChI is InChI=1S/C26H29ClFN3O5/c1-29(26(34)36-21-9-7-20(28)8-10-21)23-15-31(14-22(23)17-3-5-19(27)6-4-17)25(33)18-11-12-30(13-18)24(32)16-35-2/h3-10,18,22-23H,11-16H2,1-2H3/t18?,22-,23-/m1/s1. The zero-order valence-electron chi connectivity index (χ0n) is 20.2. The first-order chi connectivity index (χ1) is 17.3. The van der Waals surface area contributed by atoms with Crippen LogP contribution in [0, 0.1) is 11.7 Å². The third-order valence-electron chi connectivity index (χ3n) is 6.86. The van der Waals surface area contributed by atoms with E-state index < -0.39 is 11.9 Å². The Morgan fingerprint density at radius 2 is 1.72 bits per heavy atom. The number of ether oxygens (including phenoxy) is 2. The van der Waals surface area contributed by atoms with Crippen LogP contribution in [0.2, 0.25) is 5.02 Å². The molecular weight excluding hydrogens is 489 g/mol. The molecule has 0 bridgehead atoms. The average Bonchev–Trinajstić information content (AvgIpc) is 3.53. The average molecular weight is 518 g/mol.